The molecule has 0 aliphatic rings. The van der Waals surface area contributed by atoms with Crippen molar-refractivity contribution in [2.45, 2.75) is 0 Å². The van der Waals surface area contributed by atoms with Crippen molar-refractivity contribution in [2.75, 3.05) is 0 Å². The number of benzene rings is 1. The summed E-state index contributed by atoms with van der Waals surface area (Å²) in [5, 5.41) is 3.70. The van der Waals surface area contributed by atoms with E-state index in [-0.39, 0.29) is 5.56 Å². The van der Waals surface area contributed by atoms with Crippen molar-refractivity contribution in [3.05, 3.63) is 55.7 Å². The van der Waals surface area contributed by atoms with Crippen LogP contribution in [0.5, 0.6) is 0 Å². The van der Waals surface area contributed by atoms with Gasteiger partial charge in [-0.25, -0.2) is 9.82 Å². The van der Waals surface area contributed by atoms with Crippen molar-refractivity contribution in [2.24, 2.45) is 5.10 Å². The van der Waals surface area contributed by atoms with Gasteiger partial charge in [-0.3, -0.25) is 4.79 Å². The molecule has 19 heavy (non-hydrogen) atoms. The van der Waals surface area contributed by atoms with Crippen molar-refractivity contribution in [3.63, 3.8) is 0 Å². The molecule has 0 aliphatic heterocycles. The summed E-state index contributed by atoms with van der Waals surface area (Å²) in [6.45, 7) is 0. The summed E-state index contributed by atoms with van der Waals surface area (Å²) in [5.74, 6) is -0.731. The van der Waals surface area contributed by atoms with Crippen LogP contribution in [0, 0.1) is 9.58 Å². The Morgan fingerprint density at radius 3 is 2.84 bits per heavy atom. The fourth-order valence-corrected chi connectivity index (χ4v) is 2.00. The number of rotatable bonds is 3. The van der Waals surface area contributed by atoms with Crippen molar-refractivity contribution in [3.8, 4) is 0 Å². The zero-order valence-electron chi connectivity index (χ0n) is 9.36. The highest BCUT2D eigenvalue weighted by molar-refractivity contribution is 14.1. The third-order valence-electron chi connectivity index (χ3n) is 2.14. The minimum atomic E-state index is -0.616. The van der Waals surface area contributed by atoms with Gasteiger partial charge in [-0.05, 0) is 28.1 Å². The van der Waals surface area contributed by atoms with Crippen LogP contribution in [-0.4, -0.2) is 12.1 Å². The summed E-state index contributed by atoms with van der Waals surface area (Å²) in [6, 6.07) is 7.39. The van der Waals surface area contributed by atoms with Gasteiger partial charge in [0.1, 0.15) is 11.6 Å². The minimum Gasteiger partial charge on any atom is -0.448 e. The monoisotopic (exact) mass is 436 g/mol. The molecule has 7 heteroatoms. The maximum absolute atomic E-state index is 13.3. The number of carbonyl (C=O) groups excluding carboxylic acids is 1. The van der Waals surface area contributed by atoms with Crippen molar-refractivity contribution in [1.29, 1.82) is 0 Å². The van der Waals surface area contributed by atoms with Gasteiger partial charge in [-0.15, -0.1) is 0 Å². The normalized spacial score (nSPS) is 10.9. The molecule has 2 aromatic rings. The van der Waals surface area contributed by atoms with E-state index >= 15 is 0 Å². The van der Waals surface area contributed by atoms with Gasteiger partial charge in [0.05, 0.1) is 16.3 Å². The van der Waals surface area contributed by atoms with Crippen LogP contribution in [0.25, 0.3) is 0 Å². The van der Waals surface area contributed by atoms with Gasteiger partial charge in [-0.2, -0.15) is 5.10 Å². The molecule has 0 bridgehead atoms. The molecule has 1 heterocycles. The van der Waals surface area contributed by atoms with Crippen LogP contribution in [0.3, 0.4) is 0 Å². The van der Waals surface area contributed by atoms with Gasteiger partial charge >= 0.3 is 0 Å². The Morgan fingerprint density at radius 1 is 1.47 bits per heavy atom. The summed E-state index contributed by atoms with van der Waals surface area (Å²) in [5.41, 5.74) is 2.17. The first-order valence-corrected chi connectivity index (χ1v) is 6.98. The number of carbonyl (C=O) groups is 1. The Hall–Kier alpha value is -1.22. The number of nitrogens with one attached hydrogen (secondary N) is 1. The topological polar surface area (TPSA) is 54.6 Å². The standard InChI is InChI=1S/C12H7BrFIN2O2/c13-9-5-7(19-11(9)15)6-16-17-12(18)8-3-1-2-4-10(8)14/h1-6H,(H,17,18)/b16-6-. The zero-order valence-corrected chi connectivity index (χ0v) is 13.1. The number of halogens is 3. The first kappa shape index (κ1) is 14.2. The van der Waals surface area contributed by atoms with E-state index in [1.54, 1.807) is 12.1 Å². The molecular formula is C12H7BrFIN2O2. The fourth-order valence-electron chi connectivity index (χ4n) is 1.29. The van der Waals surface area contributed by atoms with E-state index in [9.17, 15) is 9.18 Å². The van der Waals surface area contributed by atoms with Gasteiger partial charge in [0, 0.05) is 28.7 Å². The molecule has 1 amide bonds. The first-order chi connectivity index (χ1) is 9.08. The summed E-state index contributed by atoms with van der Waals surface area (Å²) < 4.78 is 20.1. The van der Waals surface area contributed by atoms with Crippen molar-refractivity contribution >= 4 is 50.6 Å². The Labute approximate surface area is 130 Å². The molecule has 0 radical (unpaired) electrons. The van der Waals surface area contributed by atoms with E-state index in [0.717, 1.165) is 4.47 Å². The van der Waals surface area contributed by atoms with Crippen LogP contribution in [0.4, 0.5) is 4.39 Å². The molecule has 1 N–H and O–H groups in total. The van der Waals surface area contributed by atoms with Crippen LogP contribution < -0.4 is 5.43 Å². The zero-order chi connectivity index (χ0) is 13.8. The van der Waals surface area contributed by atoms with E-state index < -0.39 is 11.7 Å². The average molecular weight is 437 g/mol. The second kappa shape index (κ2) is 6.29. The molecule has 1 aromatic carbocycles. The van der Waals surface area contributed by atoms with E-state index in [0.29, 0.717) is 9.53 Å². The lowest BCUT2D eigenvalue weighted by atomic mass is 10.2. The quantitative estimate of drug-likeness (QED) is 0.454. The molecular weight excluding hydrogens is 430 g/mol. The lowest BCUT2D eigenvalue weighted by molar-refractivity contribution is 0.0951. The lowest BCUT2D eigenvalue weighted by Crippen LogP contribution is -2.18. The maximum Gasteiger partial charge on any atom is 0.274 e. The largest absolute Gasteiger partial charge is 0.448 e. The lowest BCUT2D eigenvalue weighted by Gasteiger charge is -1.99. The van der Waals surface area contributed by atoms with E-state index in [1.807, 2.05) is 22.6 Å². The van der Waals surface area contributed by atoms with E-state index in [2.05, 4.69) is 26.5 Å². The van der Waals surface area contributed by atoms with Crippen molar-refractivity contribution < 1.29 is 13.6 Å². The first-order valence-electron chi connectivity index (χ1n) is 5.10. The molecule has 0 saturated heterocycles. The Balaban J connectivity index is 2.03. The second-order valence-electron chi connectivity index (χ2n) is 3.45. The number of nitrogens with zero attached hydrogens (tertiary/aromatic N) is 1. The molecule has 0 spiro atoms. The number of hydrogen-bond acceptors (Lipinski definition) is 3. The Morgan fingerprint density at radius 2 is 2.21 bits per heavy atom. The smallest absolute Gasteiger partial charge is 0.274 e. The highest BCUT2D eigenvalue weighted by Crippen LogP contribution is 2.21. The number of hydrazone groups is 1. The van der Waals surface area contributed by atoms with Gasteiger partial charge in [0.25, 0.3) is 5.91 Å². The Kier molecular flexibility index (Phi) is 4.70. The summed E-state index contributed by atoms with van der Waals surface area (Å²) in [6.07, 6.45) is 1.34. The molecule has 0 saturated carbocycles. The van der Waals surface area contributed by atoms with Gasteiger partial charge in [0.15, 0.2) is 3.77 Å². The highest BCUT2D eigenvalue weighted by atomic mass is 127. The molecule has 2 rings (SSSR count). The van der Waals surface area contributed by atoms with Gasteiger partial charge < -0.3 is 4.42 Å². The summed E-state index contributed by atoms with van der Waals surface area (Å²) in [7, 11) is 0. The molecule has 1 aromatic heterocycles. The average Bonchev–Trinajstić information content (AvgIpc) is 2.69. The molecule has 4 nitrogen and oxygen atoms in total. The third kappa shape index (κ3) is 3.63. The predicted octanol–water partition coefficient (Wildman–Crippen LogP) is 3.55. The molecule has 0 aliphatic carbocycles. The van der Waals surface area contributed by atoms with E-state index in [1.165, 1.54) is 24.4 Å². The molecule has 0 unspecified atom stereocenters. The van der Waals surface area contributed by atoms with E-state index in [4.69, 9.17) is 4.42 Å². The Bertz CT molecular complexity index is 623. The fraction of sp³-hybridized carbons (Fsp3) is 0. The summed E-state index contributed by atoms with van der Waals surface area (Å²) in [4.78, 5) is 11.6. The number of furan rings is 1. The van der Waals surface area contributed by atoms with Crippen molar-refractivity contribution in [1.82, 2.24) is 5.43 Å². The van der Waals surface area contributed by atoms with Crippen LogP contribution >= 0.6 is 38.5 Å². The second-order valence-corrected chi connectivity index (χ2v) is 5.28. The van der Waals surface area contributed by atoms with Gasteiger partial charge in [-0.1, -0.05) is 12.1 Å². The van der Waals surface area contributed by atoms with Crippen LogP contribution in [0.1, 0.15) is 16.1 Å². The molecule has 0 atom stereocenters. The molecule has 0 fully saturated rings. The SMILES string of the molecule is O=C(N/N=C\c1cc(Br)c(I)o1)c1ccccc1F. The predicted molar refractivity (Wildman–Crippen MR) is 80.6 cm³/mol. The van der Waals surface area contributed by atoms with Gasteiger partial charge in [0.2, 0.25) is 0 Å². The van der Waals surface area contributed by atoms with Crippen LogP contribution in [-0.2, 0) is 0 Å². The summed E-state index contributed by atoms with van der Waals surface area (Å²) >= 11 is 5.30. The van der Waals surface area contributed by atoms with Crippen LogP contribution in [0.2, 0.25) is 0 Å². The number of amides is 1. The maximum atomic E-state index is 13.3. The third-order valence-corrected chi connectivity index (χ3v) is 4.27. The number of hydrogen-bond donors (Lipinski definition) is 1. The van der Waals surface area contributed by atoms with Crippen LogP contribution in [0.15, 0.2) is 44.3 Å². The minimum absolute atomic E-state index is 0.0603. The highest BCUT2D eigenvalue weighted by Gasteiger charge is 2.09. The molecule has 98 valence electrons.